The molecule has 0 bridgehead atoms. The van der Waals surface area contributed by atoms with Crippen LogP contribution in [0.15, 0.2) is 22.8 Å². The summed E-state index contributed by atoms with van der Waals surface area (Å²) in [5.74, 6) is 0.945. The SMILES string of the molecule is CN1C(=O)Cc2cc(-c3nc(CN)n(C)c3Br)ccc21. The van der Waals surface area contributed by atoms with Crippen LogP contribution in [0.25, 0.3) is 11.3 Å². The van der Waals surface area contributed by atoms with Crippen LogP contribution in [0.1, 0.15) is 11.4 Å². The van der Waals surface area contributed by atoms with Crippen LogP contribution < -0.4 is 10.6 Å². The first kappa shape index (κ1) is 13.3. The van der Waals surface area contributed by atoms with Gasteiger partial charge in [-0.3, -0.25) is 4.79 Å². The Balaban J connectivity index is 2.09. The first-order chi connectivity index (χ1) is 9.52. The zero-order chi connectivity index (χ0) is 14.4. The average molecular weight is 335 g/mol. The van der Waals surface area contributed by atoms with Gasteiger partial charge in [0.25, 0.3) is 0 Å². The average Bonchev–Trinajstić information content (AvgIpc) is 2.89. The van der Waals surface area contributed by atoms with E-state index in [4.69, 9.17) is 5.73 Å². The van der Waals surface area contributed by atoms with Crippen molar-refractivity contribution in [1.82, 2.24) is 9.55 Å². The molecule has 1 aliphatic rings. The molecule has 0 saturated carbocycles. The van der Waals surface area contributed by atoms with Gasteiger partial charge >= 0.3 is 0 Å². The maximum absolute atomic E-state index is 11.7. The maximum atomic E-state index is 11.7. The van der Waals surface area contributed by atoms with Crippen LogP contribution in [0.3, 0.4) is 0 Å². The van der Waals surface area contributed by atoms with Crippen LogP contribution >= 0.6 is 15.9 Å². The van der Waals surface area contributed by atoms with Gasteiger partial charge in [-0.25, -0.2) is 4.98 Å². The molecule has 2 N–H and O–H groups in total. The van der Waals surface area contributed by atoms with E-state index in [1.54, 1.807) is 11.9 Å². The number of carbonyl (C=O) groups is 1. The maximum Gasteiger partial charge on any atom is 0.231 e. The van der Waals surface area contributed by atoms with E-state index in [1.807, 2.05) is 29.8 Å². The van der Waals surface area contributed by atoms with E-state index in [9.17, 15) is 4.79 Å². The van der Waals surface area contributed by atoms with Gasteiger partial charge in [0.05, 0.1) is 13.0 Å². The van der Waals surface area contributed by atoms with Crippen LogP contribution in [0.5, 0.6) is 0 Å². The van der Waals surface area contributed by atoms with Gasteiger partial charge in [0.2, 0.25) is 5.91 Å². The van der Waals surface area contributed by atoms with Crippen molar-refractivity contribution in [2.75, 3.05) is 11.9 Å². The van der Waals surface area contributed by atoms with Crippen molar-refractivity contribution >= 4 is 27.5 Å². The number of amides is 1. The van der Waals surface area contributed by atoms with Crippen molar-refractivity contribution in [3.8, 4) is 11.3 Å². The largest absolute Gasteiger partial charge is 0.324 e. The number of likely N-dealkylation sites (N-methyl/N-ethyl adjacent to an activating group) is 1. The molecule has 0 fully saturated rings. The molecule has 0 radical (unpaired) electrons. The summed E-state index contributed by atoms with van der Waals surface area (Å²) in [4.78, 5) is 18.0. The molecule has 2 heterocycles. The fraction of sp³-hybridized carbons (Fsp3) is 0.286. The molecule has 5 nitrogen and oxygen atoms in total. The molecule has 0 unspecified atom stereocenters. The third-order valence-electron chi connectivity index (χ3n) is 3.73. The monoisotopic (exact) mass is 334 g/mol. The number of hydrogen-bond donors (Lipinski definition) is 1. The van der Waals surface area contributed by atoms with Crippen molar-refractivity contribution in [2.45, 2.75) is 13.0 Å². The lowest BCUT2D eigenvalue weighted by atomic mass is 10.1. The number of fused-ring (bicyclic) bond motifs is 1. The van der Waals surface area contributed by atoms with Crippen LogP contribution in [-0.2, 0) is 24.8 Å². The van der Waals surface area contributed by atoms with Crippen molar-refractivity contribution in [2.24, 2.45) is 12.8 Å². The molecule has 0 atom stereocenters. The normalized spacial score (nSPS) is 14.0. The molecule has 1 aliphatic heterocycles. The van der Waals surface area contributed by atoms with E-state index in [0.717, 1.165) is 32.9 Å². The Morgan fingerprint density at radius 2 is 2.15 bits per heavy atom. The third-order valence-corrected chi connectivity index (χ3v) is 4.64. The number of aromatic nitrogens is 2. The number of imidazole rings is 1. The van der Waals surface area contributed by atoms with E-state index in [2.05, 4.69) is 20.9 Å². The fourth-order valence-corrected chi connectivity index (χ4v) is 3.03. The molecule has 0 spiro atoms. The van der Waals surface area contributed by atoms with Crippen LogP contribution in [0.2, 0.25) is 0 Å². The van der Waals surface area contributed by atoms with Gasteiger partial charge in [0.15, 0.2) is 0 Å². The second kappa shape index (κ2) is 4.71. The lowest BCUT2D eigenvalue weighted by Gasteiger charge is -2.10. The number of nitrogens with zero attached hydrogens (tertiary/aromatic N) is 3. The highest BCUT2D eigenvalue weighted by atomic mass is 79.9. The summed E-state index contributed by atoms with van der Waals surface area (Å²) in [6.45, 7) is 0.390. The lowest BCUT2D eigenvalue weighted by molar-refractivity contribution is -0.117. The zero-order valence-corrected chi connectivity index (χ0v) is 12.9. The van der Waals surface area contributed by atoms with Crippen molar-refractivity contribution < 1.29 is 4.79 Å². The minimum absolute atomic E-state index is 0.125. The first-order valence-electron chi connectivity index (χ1n) is 6.34. The number of halogens is 1. The molecule has 2 aromatic rings. The van der Waals surface area contributed by atoms with Gasteiger partial charge < -0.3 is 15.2 Å². The summed E-state index contributed by atoms with van der Waals surface area (Å²) >= 11 is 3.55. The Morgan fingerprint density at radius 1 is 1.40 bits per heavy atom. The number of anilines is 1. The minimum Gasteiger partial charge on any atom is -0.324 e. The summed E-state index contributed by atoms with van der Waals surface area (Å²) in [7, 11) is 3.73. The highest BCUT2D eigenvalue weighted by molar-refractivity contribution is 9.10. The number of carbonyl (C=O) groups excluding carboxylic acids is 1. The Bertz CT molecular complexity index is 707. The molecule has 104 valence electrons. The lowest BCUT2D eigenvalue weighted by Crippen LogP contribution is -2.20. The van der Waals surface area contributed by atoms with Gasteiger partial charge in [-0.05, 0) is 33.6 Å². The summed E-state index contributed by atoms with van der Waals surface area (Å²) in [6.07, 6.45) is 0.452. The van der Waals surface area contributed by atoms with Gasteiger partial charge in [0, 0.05) is 25.3 Å². The highest BCUT2D eigenvalue weighted by Gasteiger charge is 2.25. The van der Waals surface area contributed by atoms with E-state index in [-0.39, 0.29) is 5.91 Å². The van der Waals surface area contributed by atoms with Gasteiger partial charge in [-0.15, -0.1) is 0 Å². The van der Waals surface area contributed by atoms with Crippen LogP contribution in [0.4, 0.5) is 5.69 Å². The second-order valence-corrected chi connectivity index (χ2v) is 5.65. The summed E-state index contributed by atoms with van der Waals surface area (Å²) in [5, 5.41) is 0. The molecule has 20 heavy (non-hydrogen) atoms. The summed E-state index contributed by atoms with van der Waals surface area (Å²) < 4.78 is 2.83. The zero-order valence-electron chi connectivity index (χ0n) is 11.4. The number of hydrogen-bond acceptors (Lipinski definition) is 3. The van der Waals surface area contributed by atoms with Crippen molar-refractivity contribution in [3.63, 3.8) is 0 Å². The van der Waals surface area contributed by atoms with Crippen LogP contribution in [0, 0.1) is 0 Å². The standard InChI is InChI=1S/C14H15BrN4O/c1-18-10-4-3-8(5-9(10)6-12(18)20)13-14(15)19(2)11(7-16)17-13/h3-5H,6-7,16H2,1-2H3. The van der Waals surface area contributed by atoms with E-state index < -0.39 is 0 Å². The van der Waals surface area contributed by atoms with Gasteiger partial charge in [-0.1, -0.05) is 6.07 Å². The summed E-state index contributed by atoms with van der Waals surface area (Å²) in [5.41, 5.74) is 9.56. The van der Waals surface area contributed by atoms with Crippen LogP contribution in [-0.4, -0.2) is 22.5 Å². The Labute approximate surface area is 125 Å². The molecule has 1 aromatic heterocycles. The number of benzene rings is 1. The van der Waals surface area contributed by atoms with Gasteiger partial charge in [-0.2, -0.15) is 0 Å². The van der Waals surface area contributed by atoms with E-state index >= 15 is 0 Å². The quantitative estimate of drug-likeness (QED) is 0.911. The van der Waals surface area contributed by atoms with E-state index in [1.165, 1.54) is 0 Å². The predicted octanol–water partition coefficient (Wildman–Crippen LogP) is 1.83. The molecule has 1 aromatic carbocycles. The minimum atomic E-state index is 0.125. The summed E-state index contributed by atoms with van der Waals surface area (Å²) in [6, 6.07) is 5.99. The molecule has 3 rings (SSSR count). The Kier molecular flexibility index (Phi) is 3.14. The van der Waals surface area contributed by atoms with Crippen molar-refractivity contribution in [1.29, 1.82) is 0 Å². The highest BCUT2D eigenvalue weighted by Crippen LogP contribution is 2.34. The molecular formula is C14H15BrN4O. The second-order valence-electron chi connectivity index (χ2n) is 4.90. The first-order valence-corrected chi connectivity index (χ1v) is 7.13. The molecular weight excluding hydrogens is 320 g/mol. The fourth-order valence-electron chi connectivity index (χ4n) is 2.51. The smallest absolute Gasteiger partial charge is 0.231 e. The van der Waals surface area contributed by atoms with Gasteiger partial charge in [0.1, 0.15) is 16.1 Å². The third kappa shape index (κ3) is 1.87. The predicted molar refractivity (Wildman–Crippen MR) is 81.3 cm³/mol. The molecule has 0 aliphatic carbocycles. The molecule has 0 saturated heterocycles. The number of nitrogens with two attached hydrogens (primary N) is 1. The Morgan fingerprint density at radius 3 is 2.80 bits per heavy atom. The molecule has 1 amide bonds. The Hall–Kier alpha value is -1.66. The number of rotatable bonds is 2. The topological polar surface area (TPSA) is 64.2 Å². The van der Waals surface area contributed by atoms with E-state index in [0.29, 0.717) is 13.0 Å². The molecule has 6 heteroatoms. The van der Waals surface area contributed by atoms with Crippen molar-refractivity contribution in [3.05, 3.63) is 34.2 Å².